The molecule has 4 nitrogen and oxygen atoms in total. The largest absolute Gasteiger partial charge is 0.489 e. The molecule has 160 valence electrons. The second-order valence-corrected chi connectivity index (χ2v) is 8.01. The third-order valence-corrected chi connectivity index (χ3v) is 5.30. The number of carbonyl (C=O) groups excluding carboxylic acids is 1. The van der Waals surface area contributed by atoms with Crippen molar-refractivity contribution in [1.82, 2.24) is 0 Å². The summed E-state index contributed by atoms with van der Waals surface area (Å²) in [6, 6.07) is 22.3. The zero-order valence-corrected chi connectivity index (χ0v) is 19.4. The maximum Gasteiger partial charge on any atom is 0.343 e. The van der Waals surface area contributed by atoms with E-state index in [0.717, 1.165) is 32.5 Å². The van der Waals surface area contributed by atoms with E-state index in [1.165, 1.54) is 12.7 Å². The highest BCUT2D eigenvalue weighted by molar-refractivity contribution is 9.10. The minimum Gasteiger partial charge on any atom is -0.489 e. The van der Waals surface area contributed by atoms with Crippen LogP contribution in [-0.4, -0.2) is 26.3 Å². The standard InChI is InChI=1S/C26H25BrO4/c1-18-4-6-20(7-5-18)24(21-8-10-22(27)11-9-21)14-15-30-23-12-13-25(19(2)16-23)31-17-26(28)29-3/h4-14,16H,15,17H2,1-3H3/b24-14+. The molecule has 0 aliphatic carbocycles. The van der Waals surface area contributed by atoms with Gasteiger partial charge >= 0.3 is 5.97 Å². The van der Waals surface area contributed by atoms with Crippen molar-refractivity contribution in [2.45, 2.75) is 13.8 Å². The second kappa shape index (κ2) is 10.8. The zero-order chi connectivity index (χ0) is 22.2. The van der Waals surface area contributed by atoms with E-state index in [4.69, 9.17) is 9.47 Å². The van der Waals surface area contributed by atoms with Crippen molar-refractivity contribution in [3.8, 4) is 11.5 Å². The number of esters is 1. The Morgan fingerprint density at radius 2 is 1.55 bits per heavy atom. The van der Waals surface area contributed by atoms with Crippen LogP contribution >= 0.6 is 15.9 Å². The van der Waals surface area contributed by atoms with Crippen LogP contribution in [0.25, 0.3) is 5.57 Å². The third kappa shape index (κ3) is 6.46. The van der Waals surface area contributed by atoms with Gasteiger partial charge in [-0.1, -0.05) is 57.9 Å². The van der Waals surface area contributed by atoms with Crippen molar-refractivity contribution in [3.05, 3.63) is 99.5 Å². The van der Waals surface area contributed by atoms with Gasteiger partial charge in [-0.3, -0.25) is 0 Å². The minimum atomic E-state index is -0.415. The smallest absolute Gasteiger partial charge is 0.343 e. The topological polar surface area (TPSA) is 44.8 Å². The third-order valence-electron chi connectivity index (χ3n) is 4.77. The molecule has 3 rings (SSSR count). The first-order valence-electron chi connectivity index (χ1n) is 9.92. The van der Waals surface area contributed by atoms with E-state index in [0.29, 0.717) is 12.4 Å². The van der Waals surface area contributed by atoms with Crippen LogP contribution in [0, 0.1) is 13.8 Å². The Hall–Kier alpha value is -3.05. The van der Waals surface area contributed by atoms with Crippen LogP contribution in [0.4, 0.5) is 0 Å². The van der Waals surface area contributed by atoms with Crippen LogP contribution in [0.2, 0.25) is 0 Å². The number of hydrogen-bond acceptors (Lipinski definition) is 4. The van der Waals surface area contributed by atoms with Crippen molar-refractivity contribution in [1.29, 1.82) is 0 Å². The molecular weight excluding hydrogens is 456 g/mol. The van der Waals surface area contributed by atoms with E-state index in [2.05, 4.69) is 70.1 Å². The van der Waals surface area contributed by atoms with Crippen LogP contribution in [0.1, 0.15) is 22.3 Å². The highest BCUT2D eigenvalue weighted by atomic mass is 79.9. The maximum atomic E-state index is 11.3. The lowest BCUT2D eigenvalue weighted by atomic mass is 9.97. The molecule has 0 saturated heterocycles. The van der Waals surface area contributed by atoms with Gasteiger partial charge in [-0.25, -0.2) is 4.79 Å². The highest BCUT2D eigenvalue weighted by Crippen LogP contribution is 2.27. The van der Waals surface area contributed by atoms with Gasteiger partial charge in [0.15, 0.2) is 6.61 Å². The van der Waals surface area contributed by atoms with Crippen LogP contribution in [0.15, 0.2) is 77.3 Å². The van der Waals surface area contributed by atoms with Crippen molar-refractivity contribution in [2.24, 2.45) is 0 Å². The Labute approximate surface area is 191 Å². The second-order valence-electron chi connectivity index (χ2n) is 7.09. The van der Waals surface area contributed by atoms with Crippen LogP contribution in [0.3, 0.4) is 0 Å². The lowest BCUT2D eigenvalue weighted by molar-refractivity contribution is -0.142. The Morgan fingerprint density at radius 1 is 0.903 bits per heavy atom. The first-order chi connectivity index (χ1) is 15.0. The normalized spacial score (nSPS) is 11.2. The van der Waals surface area contributed by atoms with Gasteiger partial charge in [0, 0.05) is 4.47 Å². The fourth-order valence-electron chi connectivity index (χ4n) is 3.06. The molecule has 31 heavy (non-hydrogen) atoms. The lowest BCUT2D eigenvalue weighted by Crippen LogP contribution is -2.13. The van der Waals surface area contributed by atoms with Gasteiger partial charge in [0.2, 0.25) is 0 Å². The van der Waals surface area contributed by atoms with E-state index < -0.39 is 5.97 Å². The Balaban J connectivity index is 1.75. The summed E-state index contributed by atoms with van der Waals surface area (Å²) >= 11 is 3.50. The summed E-state index contributed by atoms with van der Waals surface area (Å²) in [5.74, 6) is 0.947. The molecule has 0 atom stereocenters. The van der Waals surface area contributed by atoms with Crippen molar-refractivity contribution < 1.29 is 19.0 Å². The van der Waals surface area contributed by atoms with Crippen LogP contribution in [-0.2, 0) is 9.53 Å². The molecule has 0 bridgehead atoms. The maximum absolute atomic E-state index is 11.3. The van der Waals surface area contributed by atoms with Gasteiger partial charge in [-0.15, -0.1) is 0 Å². The van der Waals surface area contributed by atoms with Gasteiger partial charge in [0.05, 0.1) is 7.11 Å². The molecule has 5 heteroatoms. The average molecular weight is 481 g/mol. The first kappa shape index (κ1) is 22.6. The number of methoxy groups -OCH3 is 1. The molecular formula is C26H25BrO4. The number of rotatable bonds is 8. The number of aryl methyl sites for hydroxylation is 2. The van der Waals surface area contributed by atoms with Gasteiger partial charge < -0.3 is 14.2 Å². The Kier molecular flexibility index (Phi) is 7.90. The fourth-order valence-corrected chi connectivity index (χ4v) is 3.32. The Bertz CT molecular complexity index is 1010. The van der Waals surface area contributed by atoms with E-state index in [1.54, 1.807) is 6.07 Å². The van der Waals surface area contributed by atoms with Gasteiger partial charge in [-0.05, 0) is 72.5 Å². The molecule has 0 heterocycles. The summed E-state index contributed by atoms with van der Waals surface area (Å²) in [4.78, 5) is 11.3. The number of halogens is 1. The Morgan fingerprint density at radius 3 is 2.16 bits per heavy atom. The molecule has 0 saturated carbocycles. The van der Waals surface area contributed by atoms with E-state index in [1.807, 2.05) is 31.2 Å². The number of hydrogen-bond donors (Lipinski definition) is 0. The molecule has 3 aromatic carbocycles. The number of benzene rings is 3. The van der Waals surface area contributed by atoms with Gasteiger partial charge in [0.25, 0.3) is 0 Å². The van der Waals surface area contributed by atoms with E-state index in [9.17, 15) is 4.79 Å². The van der Waals surface area contributed by atoms with Gasteiger partial charge in [-0.2, -0.15) is 0 Å². The van der Waals surface area contributed by atoms with E-state index in [-0.39, 0.29) is 6.61 Å². The van der Waals surface area contributed by atoms with Crippen LogP contribution < -0.4 is 9.47 Å². The summed E-state index contributed by atoms with van der Waals surface area (Å²) in [5, 5.41) is 0. The quantitative estimate of drug-likeness (QED) is 0.363. The van der Waals surface area contributed by atoms with E-state index >= 15 is 0 Å². The van der Waals surface area contributed by atoms with Crippen molar-refractivity contribution in [3.63, 3.8) is 0 Å². The molecule has 0 aromatic heterocycles. The highest BCUT2D eigenvalue weighted by Gasteiger charge is 2.08. The molecule has 0 aliphatic heterocycles. The molecule has 0 unspecified atom stereocenters. The summed E-state index contributed by atoms with van der Waals surface area (Å²) in [6.45, 7) is 4.29. The number of carbonyl (C=O) groups is 1. The fraction of sp³-hybridized carbons (Fsp3) is 0.192. The molecule has 3 aromatic rings. The van der Waals surface area contributed by atoms with Crippen molar-refractivity contribution >= 4 is 27.5 Å². The summed E-state index contributed by atoms with van der Waals surface area (Å²) in [7, 11) is 1.34. The predicted molar refractivity (Wildman–Crippen MR) is 127 cm³/mol. The summed E-state index contributed by atoms with van der Waals surface area (Å²) < 4.78 is 17.1. The van der Waals surface area contributed by atoms with Crippen molar-refractivity contribution in [2.75, 3.05) is 20.3 Å². The zero-order valence-electron chi connectivity index (χ0n) is 17.9. The van der Waals surface area contributed by atoms with Gasteiger partial charge in [0.1, 0.15) is 18.1 Å². The molecule has 0 amide bonds. The molecule has 0 fully saturated rings. The average Bonchev–Trinajstić information content (AvgIpc) is 2.77. The summed E-state index contributed by atoms with van der Waals surface area (Å²) in [5.41, 5.74) is 5.48. The first-order valence-corrected chi connectivity index (χ1v) is 10.7. The van der Waals surface area contributed by atoms with Crippen LogP contribution in [0.5, 0.6) is 11.5 Å². The molecule has 0 aliphatic rings. The molecule has 0 N–H and O–H groups in total. The molecule has 0 radical (unpaired) electrons. The lowest BCUT2D eigenvalue weighted by Gasteiger charge is -2.12. The number of ether oxygens (including phenoxy) is 3. The predicted octanol–water partition coefficient (Wildman–Crippen LogP) is 6.13. The minimum absolute atomic E-state index is 0.118. The molecule has 0 spiro atoms. The monoisotopic (exact) mass is 480 g/mol. The summed E-state index contributed by atoms with van der Waals surface area (Å²) in [6.07, 6.45) is 2.09. The SMILES string of the molecule is COC(=O)COc1ccc(OC/C=C(\c2ccc(C)cc2)c2ccc(Br)cc2)cc1C.